The minimum atomic E-state index is 0.0130. The summed E-state index contributed by atoms with van der Waals surface area (Å²) in [5, 5.41) is 4.87. The van der Waals surface area contributed by atoms with Crippen molar-refractivity contribution < 1.29 is 9.59 Å². The number of thiophene rings is 1. The zero-order valence-corrected chi connectivity index (χ0v) is 11.3. The Bertz CT molecular complexity index is 409. The molecule has 1 saturated heterocycles. The number of amides is 2. The summed E-state index contributed by atoms with van der Waals surface area (Å²) in [6, 6.07) is 3.71. The SMILES string of the molecule is CC(=O)N1CCC(CNC(=O)c2cccs2)CC1. The van der Waals surface area contributed by atoms with Crippen molar-refractivity contribution >= 4 is 23.2 Å². The Kier molecular flexibility index (Phi) is 4.36. The summed E-state index contributed by atoms with van der Waals surface area (Å²) in [6.07, 6.45) is 1.95. The molecular weight excluding hydrogens is 248 g/mol. The van der Waals surface area contributed by atoms with Gasteiger partial charge >= 0.3 is 0 Å². The zero-order valence-electron chi connectivity index (χ0n) is 10.5. The van der Waals surface area contributed by atoms with Gasteiger partial charge in [-0.15, -0.1) is 11.3 Å². The van der Waals surface area contributed by atoms with E-state index in [1.165, 1.54) is 11.3 Å². The van der Waals surface area contributed by atoms with Crippen LogP contribution in [0.2, 0.25) is 0 Å². The highest BCUT2D eigenvalue weighted by Gasteiger charge is 2.21. The second-order valence-corrected chi connectivity index (χ2v) is 5.58. The van der Waals surface area contributed by atoms with Gasteiger partial charge in [0.15, 0.2) is 0 Å². The van der Waals surface area contributed by atoms with E-state index in [4.69, 9.17) is 0 Å². The van der Waals surface area contributed by atoms with Crippen LogP contribution in [0.4, 0.5) is 0 Å². The molecule has 0 aliphatic carbocycles. The molecule has 2 amide bonds. The van der Waals surface area contributed by atoms with Gasteiger partial charge in [0.2, 0.25) is 5.91 Å². The van der Waals surface area contributed by atoms with Gasteiger partial charge in [0.05, 0.1) is 4.88 Å². The monoisotopic (exact) mass is 266 g/mol. The van der Waals surface area contributed by atoms with Crippen LogP contribution in [-0.2, 0) is 4.79 Å². The predicted octanol–water partition coefficient (Wildman–Crippen LogP) is 1.74. The number of likely N-dealkylation sites (tertiary alicyclic amines) is 1. The lowest BCUT2D eigenvalue weighted by atomic mass is 9.97. The molecule has 1 aromatic heterocycles. The van der Waals surface area contributed by atoms with Gasteiger partial charge in [-0.05, 0) is 30.2 Å². The molecule has 0 unspecified atom stereocenters. The van der Waals surface area contributed by atoms with Gasteiger partial charge in [-0.3, -0.25) is 9.59 Å². The zero-order chi connectivity index (χ0) is 13.0. The molecule has 2 rings (SSSR count). The van der Waals surface area contributed by atoms with Gasteiger partial charge in [0.25, 0.3) is 5.91 Å². The van der Waals surface area contributed by atoms with Crippen molar-refractivity contribution in [1.82, 2.24) is 10.2 Å². The van der Waals surface area contributed by atoms with Crippen molar-refractivity contribution in [2.24, 2.45) is 5.92 Å². The minimum Gasteiger partial charge on any atom is -0.351 e. The average Bonchev–Trinajstić information content (AvgIpc) is 2.90. The van der Waals surface area contributed by atoms with E-state index >= 15 is 0 Å². The van der Waals surface area contributed by atoms with Gasteiger partial charge in [0.1, 0.15) is 0 Å². The van der Waals surface area contributed by atoms with E-state index in [1.807, 2.05) is 22.4 Å². The molecule has 0 spiro atoms. The molecule has 1 aromatic rings. The van der Waals surface area contributed by atoms with E-state index in [0.29, 0.717) is 12.5 Å². The van der Waals surface area contributed by atoms with Gasteiger partial charge in [-0.2, -0.15) is 0 Å². The fraction of sp³-hybridized carbons (Fsp3) is 0.538. The first-order valence-corrected chi connectivity index (χ1v) is 7.12. The van der Waals surface area contributed by atoms with Crippen LogP contribution >= 0.6 is 11.3 Å². The Labute approximate surface area is 111 Å². The van der Waals surface area contributed by atoms with Gasteiger partial charge < -0.3 is 10.2 Å². The third-order valence-electron chi connectivity index (χ3n) is 3.36. The molecule has 1 aliphatic rings. The number of carbonyl (C=O) groups is 2. The number of rotatable bonds is 3. The summed E-state index contributed by atoms with van der Waals surface area (Å²) < 4.78 is 0. The Morgan fingerprint density at radius 3 is 2.72 bits per heavy atom. The third-order valence-corrected chi connectivity index (χ3v) is 4.22. The lowest BCUT2D eigenvalue weighted by Gasteiger charge is -2.31. The highest BCUT2D eigenvalue weighted by Crippen LogP contribution is 2.16. The molecule has 1 aliphatic heterocycles. The van der Waals surface area contributed by atoms with Crippen LogP contribution in [0, 0.1) is 5.92 Å². The molecule has 0 bridgehead atoms. The molecule has 2 heterocycles. The topological polar surface area (TPSA) is 49.4 Å². The number of carbonyl (C=O) groups excluding carboxylic acids is 2. The maximum atomic E-state index is 11.8. The summed E-state index contributed by atoms with van der Waals surface area (Å²) in [6.45, 7) is 3.95. The fourth-order valence-electron chi connectivity index (χ4n) is 2.18. The summed E-state index contributed by atoms with van der Waals surface area (Å²) in [4.78, 5) is 25.6. The molecule has 1 fully saturated rings. The van der Waals surface area contributed by atoms with E-state index in [1.54, 1.807) is 6.92 Å². The summed E-state index contributed by atoms with van der Waals surface area (Å²) >= 11 is 1.46. The van der Waals surface area contributed by atoms with Crippen LogP contribution in [0.15, 0.2) is 17.5 Å². The average molecular weight is 266 g/mol. The number of hydrogen-bond donors (Lipinski definition) is 1. The summed E-state index contributed by atoms with van der Waals surface area (Å²) in [5.41, 5.74) is 0. The lowest BCUT2D eigenvalue weighted by molar-refractivity contribution is -0.130. The number of piperidine rings is 1. The standard InChI is InChI=1S/C13H18N2O2S/c1-10(16)15-6-4-11(5-7-15)9-14-13(17)12-3-2-8-18-12/h2-3,8,11H,4-7,9H2,1H3,(H,14,17). The summed E-state index contributed by atoms with van der Waals surface area (Å²) in [7, 11) is 0. The van der Waals surface area contributed by atoms with Crippen molar-refractivity contribution in [3.05, 3.63) is 22.4 Å². The summed E-state index contributed by atoms with van der Waals surface area (Å²) in [5.74, 6) is 0.652. The maximum Gasteiger partial charge on any atom is 0.261 e. The molecule has 5 heteroatoms. The first-order valence-electron chi connectivity index (χ1n) is 6.24. The van der Waals surface area contributed by atoms with E-state index in [9.17, 15) is 9.59 Å². The van der Waals surface area contributed by atoms with Gasteiger partial charge in [0, 0.05) is 26.6 Å². The van der Waals surface area contributed by atoms with Crippen LogP contribution in [-0.4, -0.2) is 36.3 Å². The van der Waals surface area contributed by atoms with Crippen LogP contribution in [0.25, 0.3) is 0 Å². The predicted molar refractivity (Wildman–Crippen MR) is 71.6 cm³/mol. The third kappa shape index (κ3) is 3.32. The highest BCUT2D eigenvalue weighted by atomic mass is 32.1. The van der Waals surface area contributed by atoms with Crippen molar-refractivity contribution in [3.8, 4) is 0 Å². The Morgan fingerprint density at radius 2 is 2.17 bits per heavy atom. The van der Waals surface area contributed by atoms with Crippen LogP contribution in [0.5, 0.6) is 0 Å². The van der Waals surface area contributed by atoms with E-state index in [-0.39, 0.29) is 11.8 Å². The Hall–Kier alpha value is -1.36. The second kappa shape index (κ2) is 6.00. The van der Waals surface area contributed by atoms with Crippen LogP contribution < -0.4 is 5.32 Å². The maximum absolute atomic E-state index is 11.8. The van der Waals surface area contributed by atoms with Crippen molar-refractivity contribution in [3.63, 3.8) is 0 Å². The van der Waals surface area contributed by atoms with E-state index < -0.39 is 0 Å². The molecule has 0 saturated carbocycles. The van der Waals surface area contributed by atoms with Crippen molar-refractivity contribution in [2.75, 3.05) is 19.6 Å². The quantitative estimate of drug-likeness (QED) is 0.906. The number of nitrogens with zero attached hydrogens (tertiary/aromatic N) is 1. The Morgan fingerprint density at radius 1 is 1.44 bits per heavy atom. The number of nitrogens with one attached hydrogen (secondary N) is 1. The minimum absolute atomic E-state index is 0.0130. The fourth-order valence-corrected chi connectivity index (χ4v) is 2.82. The van der Waals surface area contributed by atoms with E-state index in [2.05, 4.69) is 5.32 Å². The smallest absolute Gasteiger partial charge is 0.261 e. The Balaban J connectivity index is 1.72. The molecular formula is C13H18N2O2S. The van der Waals surface area contributed by atoms with Crippen LogP contribution in [0.1, 0.15) is 29.4 Å². The molecule has 18 heavy (non-hydrogen) atoms. The first-order chi connectivity index (χ1) is 8.66. The molecule has 0 aromatic carbocycles. The van der Waals surface area contributed by atoms with E-state index in [0.717, 1.165) is 30.8 Å². The normalized spacial score (nSPS) is 16.6. The largest absolute Gasteiger partial charge is 0.351 e. The van der Waals surface area contributed by atoms with Gasteiger partial charge in [-0.1, -0.05) is 6.07 Å². The number of hydrogen-bond acceptors (Lipinski definition) is 3. The van der Waals surface area contributed by atoms with Gasteiger partial charge in [-0.25, -0.2) is 0 Å². The highest BCUT2D eigenvalue weighted by molar-refractivity contribution is 7.12. The molecule has 0 radical (unpaired) electrons. The lowest BCUT2D eigenvalue weighted by Crippen LogP contribution is -2.40. The molecule has 0 atom stereocenters. The molecule has 1 N–H and O–H groups in total. The van der Waals surface area contributed by atoms with Crippen molar-refractivity contribution in [2.45, 2.75) is 19.8 Å². The molecule has 98 valence electrons. The molecule has 4 nitrogen and oxygen atoms in total. The van der Waals surface area contributed by atoms with Crippen molar-refractivity contribution in [1.29, 1.82) is 0 Å². The second-order valence-electron chi connectivity index (χ2n) is 4.64. The van der Waals surface area contributed by atoms with Crippen LogP contribution in [0.3, 0.4) is 0 Å². The first kappa shape index (κ1) is 13.1.